The first-order chi connectivity index (χ1) is 15.0. The normalized spacial score (nSPS) is 19.5. The van der Waals surface area contributed by atoms with Crippen molar-refractivity contribution >= 4 is 11.8 Å². The second-order valence-corrected chi connectivity index (χ2v) is 9.01. The molecule has 1 aromatic heterocycles. The van der Waals surface area contributed by atoms with E-state index in [1.807, 2.05) is 19.0 Å². The van der Waals surface area contributed by atoms with Crippen LogP contribution in [0.2, 0.25) is 0 Å². The number of likely N-dealkylation sites (tertiary alicyclic amines) is 1. The van der Waals surface area contributed by atoms with Crippen LogP contribution in [-0.4, -0.2) is 71.9 Å². The van der Waals surface area contributed by atoms with Crippen molar-refractivity contribution in [2.75, 3.05) is 40.3 Å². The summed E-state index contributed by atoms with van der Waals surface area (Å²) in [6.45, 7) is 2.91. The molecule has 2 aliphatic rings. The van der Waals surface area contributed by atoms with Crippen LogP contribution in [0.5, 0.6) is 0 Å². The highest BCUT2D eigenvalue weighted by Gasteiger charge is 2.46. The van der Waals surface area contributed by atoms with E-state index in [1.54, 1.807) is 12.4 Å². The Kier molecular flexibility index (Phi) is 6.32. The Morgan fingerprint density at radius 1 is 1.19 bits per heavy atom. The van der Waals surface area contributed by atoms with Crippen molar-refractivity contribution in [3.05, 3.63) is 59.7 Å². The number of rotatable bonds is 6. The molecule has 1 aromatic carbocycles. The third-order valence-electron chi connectivity index (χ3n) is 6.71. The molecule has 2 aromatic rings. The molecular weight excluding hydrogens is 390 g/mol. The van der Waals surface area contributed by atoms with Gasteiger partial charge in [-0.15, -0.1) is 0 Å². The second-order valence-electron chi connectivity index (χ2n) is 9.01. The number of aromatic nitrogens is 2. The lowest BCUT2D eigenvalue weighted by atomic mass is 9.73. The number of carbonyl (C=O) groups excluding carboxylic acids is 2. The number of hydrogen-bond donors (Lipinski definition) is 1. The fourth-order valence-corrected chi connectivity index (χ4v) is 5.11. The third kappa shape index (κ3) is 4.61. The molecule has 0 unspecified atom stereocenters. The van der Waals surface area contributed by atoms with Crippen LogP contribution in [-0.2, 0) is 10.2 Å². The Morgan fingerprint density at radius 2 is 1.97 bits per heavy atom. The number of likely N-dealkylation sites (N-methyl/N-ethyl adjacent to an activating group) is 1. The number of fused-ring (bicyclic) bond motifs is 2. The van der Waals surface area contributed by atoms with Crippen LogP contribution in [0.3, 0.4) is 0 Å². The molecule has 1 saturated heterocycles. The van der Waals surface area contributed by atoms with Crippen LogP contribution in [0.4, 0.5) is 0 Å². The monoisotopic (exact) mass is 421 g/mol. The molecular formula is C24H31N5O2. The standard InChI is InChI=1S/C24H31N5O2/c1-28(2)14-11-27-22(30)15-18-16-24(20-6-4-3-5-19(18)20)7-12-29(13-8-24)23(31)21-17-25-9-10-26-21/h3-6,9-10,17-18H,7-8,11-16H2,1-2H3,(H,27,30)/t18-/m0/s1. The molecule has 4 rings (SSSR count). The lowest BCUT2D eigenvalue weighted by Crippen LogP contribution is -2.44. The number of nitrogens with zero attached hydrogens (tertiary/aromatic N) is 4. The molecule has 1 spiro atoms. The lowest BCUT2D eigenvalue weighted by Gasteiger charge is -2.40. The first kappa shape index (κ1) is 21.4. The van der Waals surface area contributed by atoms with E-state index in [1.165, 1.54) is 17.3 Å². The number of piperidine rings is 1. The summed E-state index contributed by atoms with van der Waals surface area (Å²) in [6.07, 6.45) is 7.98. The van der Waals surface area contributed by atoms with E-state index in [-0.39, 0.29) is 23.1 Å². The van der Waals surface area contributed by atoms with Gasteiger partial charge in [-0.1, -0.05) is 24.3 Å². The van der Waals surface area contributed by atoms with E-state index in [2.05, 4.69) is 44.5 Å². The minimum absolute atomic E-state index is 0.0460. The van der Waals surface area contributed by atoms with Gasteiger partial charge in [0.2, 0.25) is 5.91 Å². The number of benzene rings is 1. The predicted molar refractivity (Wildman–Crippen MR) is 119 cm³/mol. The van der Waals surface area contributed by atoms with Gasteiger partial charge in [-0.25, -0.2) is 4.98 Å². The molecule has 1 aliphatic carbocycles. The van der Waals surface area contributed by atoms with Crippen LogP contribution >= 0.6 is 0 Å². The molecule has 2 amide bonds. The van der Waals surface area contributed by atoms with Crippen molar-refractivity contribution in [3.8, 4) is 0 Å². The Labute approximate surface area is 183 Å². The van der Waals surface area contributed by atoms with Crippen LogP contribution < -0.4 is 5.32 Å². The van der Waals surface area contributed by atoms with Crippen LogP contribution in [0, 0.1) is 0 Å². The van der Waals surface area contributed by atoms with Gasteiger partial charge < -0.3 is 15.1 Å². The molecule has 7 nitrogen and oxygen atoms in total. The molecule has 31 heavy (non-hydrogen) atoms. The fraction of sp³-hybridized carbons (Fsp3) is 0.500. The van der Waals surface area contributed by atoms with Crippen molar-refractivity contribution in [2.24, 2.45) is 0 Å². The van der Waals surface area contributed by atoms with E-state index in [0.717, 1.165) is 25.8 Å². The Balaban J connectivity index is 1.43. The maximum absolute atomic E-state index is 12.8. The van der Waals surface area contributed by atoms with E-state index < -0.39 is 0 Å². The molecule has 2 heterocycles. The van der Waals surface area contributed by atoms with E-state index in [4.69, 9.17) is 0 Å². The summed E-state index contributed by atoms with van der Waals surface area (Å²) >= 11 is 0. The van der Waals surface area contributed by atoms with Gasteiger partial charge in [-0.05, 0) is 55.8 Å². The molecule has 0 bridgehead atoms. The van der Waals surface area contributed by atoms with Crippen molar-refractivity contribution in [1.29, 1.82) is 0 Å². The highest BCUT2D eigenvalue weighted by Crippen LogP contribution is 2.52. The SMILES string of the molecule is CN(C)CCNC(=O)C[C@H]1CC2(CCN(C(=O)c3cnccn3)CC2)c2ccccc21. The van der Waals surface area contributed by atoms with Crippen molar-refractivity contribution < 1.29 is 9.59 Å². The third-order valence-corrected chi connectivity index (χ3v) is 6.71. The zero-order valence-corrected chi connectivity index (χ0v) is 18.4. The predicted octanol–water partition coefficient (Wildman–Crippen LogP) is 2.21. The summed E-state index contributed by atoms with van der Waals surface area (Å²) < 4.78 is 0. The largest absolute Gasteiger partial charge is 0.355 e. The fourth-order valence-electron chi connectivity index (χ4n) is 5.11. The molecule has 1 aliphatic heterocycles. The first-order valence-electron chi connectivity index (χ1n) is 11.0. The van der Waals surface area contributed by atoms with Crippen molar-refractivity contribution in [3.63, 3.8) is 0 Å². The number of nitrogens with one attached hydrogen (secondary N) is 1. The summed E-state index contributed by atoms with van der Waals surface area (Å²) in [7, 11) is 4.01. The quantitative estimate of drug-likeness (QED) is 0.774. The molecule has 1 N–H and O–H groups in total. The summed E-state index contributed by atoms with van der Waals surface area (Å²) in [5.74, 6) is 0.304. The van der Waals surface area contributed by atoms with Gasteiger partial charge in [0.25, 0.3) is 5.91 Å². The number of carbonyl (C=O) groups is 2. The molecule has 0 radical (unpaired) electrons. The minimum atomic E-state index is -0.0500. The van der Waals surface area contributed by atoms with Crippen LogP contribution in [0.25, 0.3) is 0 Å². The van der Waals surface area contributed by atoms with Crippen molar-refractivity contribution in [2.45, 2.75) is 37.0 Å². The van der Waals surface area contributed by atoms with Gasteiger partial charge in [0.15, 0.2) is 0 Å². The Hall–Kier alpha value is -2.80. The molecule has 1 fully saturated rings. The van der Waals surface area contributed by atoms with E-state index in [0.29, 0.717) is 31.7 Å². The van der Waals surface area contributed by atoms with Crippen molar-refractivity contribution in [1.82, 2.24) is 25.1 Å². The summed E-state index contributed by atoms with van der Waals surface area (Å²) in [5.41, 5.74) is 3.12. The van der Waals surface area contributed by atoms with Gasteiger partial charge in [0, 0.05) is 45.0 Å². The van der Waals surface area contributed by atoms with Crippen LogP contribution in [0.1, 0.15) is 53.2 Å². The van der Waals surface area contributed by atoms with Gasteiger partial charge >= 0.3 is 0 Å². The van der Waals surface area contributed by atoms with E-state index >= 15 is 0 Å². The lowest BCUT2D eigenvalue weighted by molar-refractivity contribution is -0.121. The van der Waals surface area contributed by atoms with E-state index in [9.17, 15) is 9.59 Å². The summed E-state index contributed by atoms with van der Waals surface area (Å²) in [5, 5.41) is 3.06. The smallest absolute Gasteiger partial charge is 0.274 e. The Bertz CT molecular complexity index is 923. The molecule has 164 valence electrons. The molecule has 0 saturated carbocycles. The average molecular weight is 422 g/mol. The van der Waals surface area contributed by atoms with Crippen LogP contribution in [0.15, 0.2) is 42.9 Å². The maximum Gasteiger partial charge on any atom is 0.274 e. The van der Waals surface area contributed by atoms with Gasteiger partial charge in [-0.2, -0.15) is 0 Å². The first-order valence-corrected chi connectivity index (χ1v) is 11.0. The Morgan fingerprint density at radius 3 is 2.68 bits per heavy atom. The zero-order chi connectivity index (χ0) is 21.8. The number of amides is 2. The minimum Gasteiger partial charge on any atom is -0.355 e. The second kappa shape index (κ2) is 9.14. The van der Waals surface area contributed by atoms with Gasteiger partial charge in [0.05, 0.1) is 6.20 Å². The maximum atomic E-state index is 12.8. The highest BCUT2D eigenvalue weighted by molar-refractivity contribution is 5.92. The topological polar surface area (TPSA) is 78.4 Å². The zero-order valence-electron chi connectivity index (χ0n) is 18.4. The van der Waals surface area contributed by atoms with Gasteiger partial charge in [0.1, 0.15) is 5.69 Å². The van der Waals surface area contributed by atoms with Gasteiger partial charge in [-0.3, -0.25) is 14.6 Å². The summed E-state index contributed by atoms with van der Waals surface area (Å²) in [4.78, 5) is 37.5. The molecule has 1 atom stereocenters. The average Bonchev–Trinajstić information content (AvgIpc) is 3.07. The summed E-state index contributed by atoms with van der Waals surface area (Å²) in [6, 6.07) is 8.57. The number of hydrogen-bond acceptors (Lipinski definition) is 5. The highest BCUT2D eigenvalue weighted by atomic mass is 16.2. The molecule has 7 heteroatoms.